The molecule has 2 saturated carbocycles. The van der Waals surface area contributed by atoms with Crippen molar-refractivity contribution in [2.24, 2.45) is 23.7 Å². The van der Waals surface area contributed by atoms with Crippen molar-refractivity contribution < 1.29 is 0 Å². The summed E-state index contributed by atoms with van der Waals surface area (Å²) in [4.78, 5) is 0. The zero-order chi connectivity index (χ0) is 12.3. The molecule has 0 saturated heterocycles. The summed E-state index contributed by atoms with van der Waals surface area (Å²) < 4.78 is 0. The Morgan fingerprint density at radius 2 is 2.00 bits per heavy atom. The van der Waals surface area contributed by atoms with Crippen molar-refractivity contribution in [2.45, 2.75) is 71.8 Å². The second-order valence-electron chi connectivity index (χ2n) is 6.58. The van der Waals surface area contributed by atoms with E-state index >= 15 is 0 Å². The minimum atomic E-state index is 0.721. The molecule has 2 aliphatic carbocycles. The summed E-state index contributed by atoms with van der Waals surface area (Å²) in [5, 5.41) is 3.70. The van der Waals surface area contributed by atoms with Gasteiger partial charge in [0.1, 0.15) is 0 Å². The molecule has 100 valence electrons. The Morgan fingerprint density at radius 1 is 1.18 bits per heavy atom. The predicted octanol–water partition coefficient (Wildman–Crippen LogP) is 4.23. The summed E-state index contributed by atoms with van der Waals surface area (Å²) >= 11 is 0. The van der Waals surface area contributed by atoms with Crippen molar-refractivity contribution in [3.8, 4) is 0 Å². The van der Waals surface area contributed by atoms with Crippen molar-refractivity contribution in [2.75, 3.05) is 6.54 Å². The minimum absolute atomic E-state index is 0.721. The van der Waals surface area contributed by atoms with E-state index in [0.717, 1.165) is 29.7 Å². The summed E-state index contributed by atoms with van der Waals surface area (Å²) in [7, 11) is 0. The van der Waals surface area contributed by atoms with E-state index in [1.54, 1.807) is 25.7 Å². The largest absolute Gasteiger partial charge is 0.314 e. The average molecular weight is 237 g/mol. The molecular formula is C16H31N. The summed E-state index contributed by atoms with van der Waals surface area (Å²) in [6, 6.07) is 0.721. The first-order valence-electron chi connectivity index (χ1n) is 7.97. The minimum Gasteiger partial charge on any atom is -0.314 e. The maximum absolute atomic E-state index is 3.70. The molecule has 17 heavy (non-hydrogen) atoms. The highest BCUT2D eigenvalue weighted by Crippen LogP contribution is 2.50. The van der Waals surface area contributed by atoms with Crippen LogP contribution < -0.4 is 5.32 Å². The van der Waals surface area contributed by atoms with Crippen LogP contribution in [-0.2, 0) is 0 Å². The molecule has 0 heterocycles. The topological polar surface area (TPSA) is 12.0 Å². The highest BCUT2D eigenvalue weighted by Gasteiger charge is 2.40. The van der Waals surface area contributed by atoms with Crippen LogP contribution in [0.5, 0.6) is 0 Å². The Labute approximate surface area is 108 Å². The molecule has 0 radical (unpaired) electrons. The van der Waals surface area contributed by atoms with Gasteiger partial charge in [0.2, 0.25) is 0 Å². The summed E-state index contributed by atoms with van der Waals surface area (Å²) in [6.45, 7) is 8.23. The fraction of sp³-hybridized carbons (Fsp3) is 1.00. The van der Waals surface area contributed by atoms with Crippen LogP contribution in [-0.4, -0.2) is 12.6 Å². The van der Waals surface area contributed by atoms with Gasteiger partial charge >= 0.3 is 0 Å². The highest BCUT2D eigenvalue weighted by molar-refractivity contribution is 4.91. The Bertz CT molecular complexity index is 226. The van der Waals surface area contributed by atoms with E-state index in [2.05, 4.69) is 26.1 Å². The Balaban J connectivity index is 1.78. The highest BCUT2D eigenvalue weighted by atomic mass is 14.9. The molecule has 5 atom stereocenters. The maximum Gasteiger partial charge on any atom is 0.00669 e. The van der Waals surface area contributed by atoms with Gasteiger partial charge in [0.05, 0.1) is 0 Å². The molecule has 2 rings (SSSR count). The van der Waals surface area contributed by atoms with E-state index < -0.39 is 0 Å². The number of hydrogen-bond donors (Lipinski definition) is 1. The molecule has 1 heteroatoms. The van der Waals surface area contributed by atoms with E-state index in [4.69, 9.17) is 0 Å². The Kier molecular flexibility index (Phi) is 4.90. The van der Waals surface area contributed by atoms with Crippen LogP contribution in [0.4, 0.5) is 0 Å². The summed E-state index contributed by atoms with van der Waals surface area (Å²) in [5.74, 6) is 4.20. The van der Waals surface area contributed by atoms with E-state index in [1.807, 2.05) is 0 Å². The third-order valence-corrected chi connectivity index (χ3v) is 5.44. The molecular weight excluding hydrogens is 206 g/mol. The molecule has 2 fully saturated rings. The average Bonchev–Trinajstić information content (AvgIpc) is 2.94. The molecule has 5 unspecified atom stereocenters. The Morgan fingerprint density at radius 3 is 2.53 bits per heavy atom. The van der Waals surface area contributed by atoms with Gasteiger partial charge in [0.25, 0.3) is 0 Å². The van der Waals surface area contributed by atoms with Crippen molar-refractivity contribution in [3.63, 3.8) is 0 Å². The van der Waals surface area contributed by atoms with Gasteiger partial charge in [0, 0.05) is 6.04 Å². The van der Waals surface area contributed by atoms with Crippen LogP contribution in [0.15, 0.2) is 0 Å². The van der Waals surface area contributed by atoms with Gasteiger partial charge in [-0.1, -0.05) is 26.7 Å². The van der Waals surface area contributed by atoms with E-state index in [9.17, 15) is 0 Å². The van der Waals surface area contributed by atoms with Crippen LogP contribution in [0.25, 0.3) is 0 Å². The van der Waals surface area contributed by atoms with Gasteiger partial charge in [-0.15, -0.1) is 0 Å². The number of fused-ring (bicyclic) bond motifs is 2. The molecule has 0 aromatic rings. The molecule has 2 aliphatic rings. The van der Waals surface area contributed by atoms with Crippen LogP contribution in [0.3, 0.4) is 0 Å². The summed E-state index contributed by atoms with van der Waals surface area (Å²) in [5.41, 5.74) is 0. The van der Waals surface area contributed by atoms with Gasteiger partial charge in [0.15, 0.2) is 0 Å². The molecule has 0 spiro atoms. The van der Waals surface area contributed by atoms with Crippen molar-refractivity contribution in [1.29, 1.82) is 0 Å². The van der Waals surface area contributed by atoms with E-state index in [-0.39, 0.29) is 0 Å². The van der Waals surface area contributed by atoms with Crippen molar-refractivity contribution in [3.05, 3.63) is 0 Å². The molecule has 0 aromatic heterocycles. The number of hydrogen-bond acceptors (Lipinski definition) is 1. The molecule has 0 amide bonds. The van der Waals surface area contributed by atoms with Gasteiger partial charge < -0.3 is 5.32 Å². The molecule has 1 nitrogen and oxygen atoms in total. The van der Waals surface area contributed by atoms with Gasteiger partial charge in [-0.05, 0) is 69.2 Å². The maximum atomic E-state index is 3.70. The van der Waals surface area contributed by atoms with Crippen molar-refractivity contribution >= 4 is 0 Å². The van der Waals surface area contributed by atoms with Crippen LogP contribution in [0, 0.1) is 23.7 Å². The smallest absolute Gasteiger partial charge is 0.00669 e. The SMILES string of the molecule is CCCNC(C)C(CC)CC1CC2CCC1C2. The van der Waals surface area contributed by atoms with Gasteiger partial charge in [-0.25, -0.2) is 0 Å². The first-order chi connectivity index (χ1) is 8.24. The first-order valence-corrected chi connectivity index (χ1v) is 7.97. The molecule has 1 N–H and O–H groups in total. The van der Waals surface area contributed by atoms with Gasteiger partial charge in [-0.2, -0.15) is 0 Å². The number of nitrogens with one attached hydrogen (secondary N) is 1. The monoisotopic (exact) mass is 237 g/mol. The lowest BCUT2D eigenvalue weighted by Crippen LogP contribution is -2.35. The lowest BCUT2D eigenvalue weighted by atomic mass is 9.79. The molecule has 2 bridgehead atoms. The standard InChI is InChI=1S/C16H31N/c1-4-8-17-12(3)14(5-2)11-16-10-13-6-7-15(16)9-13/h12-17H,4-11H2,1-3H3. The Hall–Kier alpha value is -0.0400. The van der Waals surface area contributed by atoms with Crippen molar-refractivity contribution in [1.82, 2.24) is 5.32 Å². The number of rotatable bonds is 7. The fourth-order valence-corrected chi connectivity index (χ4v) is 4.32. The van der Waals surface area contributed by atoms with Crippen LogP contribution >= 0.6 is 0 Å². The van der Waals surface area contributed by atoms with Gasteiger partial charge in [-0.3, -0.25) is 0 Å². The molecule has 0 aromatic carbocycles. The predicted molar refractivity (Wildman–Crippen MR) is 75.1 cm³/mol. The zero-order valence-corrected chi connectivity index (χ0v) is 12.0. The summed E-state index contributed by atoms with van der Waals surface area (Å²) in [6.07, 6.45) is 10.3. The fourth-order valence-electron chi connectivity index (χ4n) is 4.32. The quantitative estimate of drug-likeness (QED) is 0.699. The third-order valence-electron chi connectivity index (χ3n) is 5.44. The lowest BCUT2D eigenvalue weighted by Gasteiger charge is -2.30. The van der Waals surface area contributed by atoms with Crippen LogP contribution in [0.1, 0.15) is 65.7 Å². The molecule has 0 aliphatic heterocycles. The van der Waals surface area contributed by atoms with E-state index in [1.165, 1.54) is 25.8 Å². The lowest BCUT2D eigenvalue weighted by molar-refractivity contribution is 0.231. The normalized spacial score (nSPS) is 35.1. The third kappa shape index (κ3) is 3.24. The second kappa shape index (κ2) is 6.22. The first kappa shape index (κ1) is 13.4. The zero-order valence-electron chi connectivity index (χ0n) is 12.0. The van der Waals surface area contributed by atoms with Crippen LogP contribution in [0.2, 0.25) is 0 Å². The van der Waals surface area contributed by atoms with E-state index in [0.29, 0.717) is 0 Å². The second-order valence-corrected chi connectivity index (χ2v) is 6.58.